The van der Waals surface area contributed by atoms with Crippen molar-refractivity contribution in [3.63, 3.8) is 0 Å². The summed E-state index contributed by atoms with van der Waals surface area (Å²) in [6.07, 6.45) is 1.60. The molecule has 11 heavy (non-hydrogen) atoms. The Morgan fingerprint density at radius 1 is 1.55 bits per heavy atom. The summed E-state index contributed by atoms with van der Waals surface area (Å²) in [5.41, 5.74) is 1.76. The molecule has 0 saturated carbocycles. The molecule has 2 nitrogen and oxygen atoms in total. The molecule has 0 bridgehead atoms. The van der Waals surface area contributed by atoms with E-state index in [2.05, 4.69) is 6.07 Å². The van der Waals surface area contributed by atoms with Crippen molar-refractivity contribution < 1.29 is 9.52 Å². The fourth-order valence-corrected chi connectivity index (χ4v) is 1.06. The van der Waals surface area contributed by atoms with E-state index in [1.807, 2.05) is 18.2 Å². The zero-order valence-electron chi connectivity index (χ0n) is 5.87. The molecule has 0 fully saturated rings. The molecule has 0 aromatic heterocycles. The van der Waals surface area contributed by atoms with Gasteiger partial charge in [-0.05, 0) is 23.8 Å². The highest BCUT2D eigenvalue weighted by Gasteiger charge is 2.06. The third-order valence-electron chi connectivity index (χ3n) is 1.58. The Kier molecular flexibility index (Phi) is 1.40. The van der Waals surface area contributed by atoms with Crippen LogP contribution in [0.2, 0.25) is 0 Å². The number of hydrogen-bond acceptors (Lipinski definition) is 2. The predicted molar refractivity (Wildman–Crippen MR) is 40.1 cm³/mol. The highest BCUT2D eigenvalue weighted by Crippen LogP contribution is 2.24. The highest BCUT2D eigenvalue weighted by atomic mass is 16.3. The molecular formula is C9H7O2. The molecule has 1 aliphatic heterocycles. The monoisotopic (exact) mass is 147 g/mol. The fraction of sp³-hybridized carbons (Fsp3) is 0.111. The van der Waals surface area contributed by atoms with Gasteiger partial charge in [0, 0.05) is 11.6 Å². The van der Waals surface area contributed by atoms with E-state index in [0.29, 0.717) is 5.76 Å². The van der Waals surface area contributed by atoms with E-state index >= 15 is 0 Å². The minimum atomic E-state index is 0.0181. The molecule has 0 aromatic rings. The van der Waals surface area contributed by atoms with E-state index in [9.17, 15) is 0 Å². The van der Waals surface area contributed by atoms with Crippen LogP contribution in [0, 0.1) is 6.07 Å². The Bertz CT molecular complexity index is 294. The molecule has 1 N–H and O–H groups in total. The van der Waals surface area contributed by atoms with Crippen molar-refractivity contribution in [3.8, 4) is 11.3 Å². The van der Waals surface area contributed by atoms with Crippen LogP contribution in [0.4, 0.5) is 0 Å². The zero-order chi connectivity index (χ0) is 7.68. The molecule has 0 aromatic carbocycles. The molecular weight excluding hydrogens is 140 g/mol. The highest BCUT2D eigenvalue weighted by molar-refractivity contribution is 5.61. The van der Waals surface area contributed by atoms with Crippen LogP contribution in [0.15, 0.2) is 28.9 Å². The minimum absolute atomic E-state index is 0.0181. The number of aliphatic hydroxyl groups excluding tert-OH is 1. The molecule has 0 saturated heterocycles. The van der Waals surface area contributed by atoms with Crippen LogP contribution in [0.3, 0.4) is 0 Å². The summed E-state index contributed by atoms with van der Waals surface area (Å²) < 4.78 is 5.13. The number of aliphatic hydroxyl groups is 1. The second-order valence-electron chi connectivity index (χ2n) is 2.35. The molecule has 1 aliphatic carbocycles. The molecule has 2 heteroatoms. The molecule has 55 valence electrons. The maximum Gasteiger partial charge on any atom is 0.142 e. The minimum Gasteiger partial charge on any atom is -0.464 e. The van der Waals surface area contributed by atoms with Gasteiger partial charge in [-0.15, -0.1) is 0 Å². The number of fused-ring (bicyclic) bond motifs is 1. The Morgan fingerprint density at radius 3 is 3.18 bits per heavy atom. The molecule has 2 rings (SSSR count). The van der Waals surface area contributed by atoms with Gasteiger partial charge >= 0.3 is 0 Å². The summed E-state index contributed by atoms with van der Waals surface area (Å²) in [4.78, 5) is 0. The Balaban J connectivity index is 2.60. The van der Waals surface area contributed by atoms with Crippen molar-refractivity contribution in [2.75, 3.05) is 0 Å². The Labute approximate surface area is 64.4 Å². The van der Waals surface area contributed by atoms with Gasteiger partial charge in [0.25, 0.3) is 0 Å². The average molecular weight is 147 g/mol. The van der Waals surface area contributed by atoms with Crippen LogP contribution in [-0.4, -0.2) is 5.11 Å². The van der Waals surface area contributed by atoms with Crippen LogP contribution in [0.1, 0.15) is 5.56 Å². The maximum absolute atomic E-state index is 8.77. The first kappa shape index (κ1) is 6.43. The first-order valence-electron chi connectivity index (χ1n) is 3.39. The van der Waals surface area contributed by atoms with E-state index in [0.717, 1.165) is 11.1 Å². The lowest BCUT2D eigenvalue weighted by Gasteiger charge is -1.91. The van der Waals surface area contributed by atoms with Crippen LogP contribution in [-0.2, 0) is 6.61 Å². The van der Waals surface area contributed by atoms with Crippen molar-refractivity contribution in [2.45, 2.75) is 6.61 Å². The fourth-order valence-electron chi connectivity index (χ4n) is 1.06. The van der Waals surface area contributed by atoms with Gasteiger partial charge in [0.15, 0.2) is 0 Å². The van der Waals surface area contributed by atoms with Gasteiger partial charge < -0.3 is 9.52 Å². The summed E-state index contributed by atoms with van der Waals surface area (Å²) in [6.45, 7) is 0.0181. The third kappa shape index (κ3) is 1.01. The van der Waals surface area contributed by atoms with Gasteiger partial charge in [-0.3, -0.25) is 0 Å². The van der Waals surface area contributed by atoms with E-state index in [-0.39, 0.29) is 6.61 Å². The first-order valence-corrected chi connectivity index (χ1v) is 3.39. The summed E-state index contributed by atoms with van der Waals surface area (Å²) >= 11 is 0. The van der Waals surface area contributed by atoms with Crippen LogP contribution >= 0.6 is 0 Å². The van der Waals surface area contributed by atoms with Crippen molar-refractivity contribution in [3.05, 3.63) is 36.1 Å². The van der Waals surface area contributed by atoms with Crippen molar-refractivity contribution in [1.29, 1.82) is 0 Å². The summed E-state index contributed by atoms with van der Waals surface area (Å²) in [5.74, 6) is 0.705. The van der Waals surface area contributed by atoms with Gasteiger partial charge in [0.1, 0.15) is 5.76 Å². The molecule has 1 heterocycles. The normalized spacial score (nSPS) is 10.6. The Morgan fingerprint density at radius 2 is 2.45 bits per heavy atom. The van der Waals surface area contributed by atoms with Crippen molar-refractivity contribution >= 4 is 0 Å². The lowest BCUT2D eigenvalue weighted by molar-refractivity contribution is 0.282. The van der Waals surface area contributed by atoms with E-state index in [4.69, 9.17) is 9.52 Å². The molecule has 0 atom stereocenters. The van der Waals surface area contributed by atoms with Crippen LogP contribution in [0.5, 0.6) is 0 Å². The van der Waals surface area contributed by atoms with Gasteiger partial charge in [0.05, 0.1) is 12.9 Å². The van der Waals surface area contributed by atoms with Gasteiger partial charge in [-0.2, -0.15) is 0 Å². The Hall–Kier alpha value is -1.28. The van der Waals surface area contributed by atoms with Crippen LogP contribution in [0.25, 0.3) is 11.3 Å². The lowest BCUT2D eigenvalue weighted by atomic mass is 10.3. The van der Waals surface area contributed by atoms with E-state index in [1.165, 1.54) is 0 Å². The SMILES string of the molecule is OCc1[c]c2occcc-2c1. The van der Waals surface area contributed by atoms with Crippen molar-refractivity contribution in [1.82, 2.24) is 0 Å². The lowest BCUT2D eigenvalue weighted by Crippen LogP contribution is -1.73. The second-order valence-corrected chi connectivity index (χ2v) is 2.35. The third-order valence-corrected chi connectivity index (χ3v) is 1.58. The van der Waals surface area contributed by atoms with Gasteiger partial charge in [0.2, 0.25) is 0 Å². The first-order chi connectivity index (χ1) is 5.40. The number of hydrogen-bond donors (Lipinski definition) is 1. The second kappa shape index (κ2) is 2.40. The summed E-state index contributed by atoms with van der Waals surface area (Å²) in [6, 6.07) is 8.53. The summed E-state index contributed by atoms with van der Waals surface area (Å²) in [7, 11) is 0. The quantitative estimate of drug-likeness (QED) is 0.665. The predicted octanol–water partition coefficient (Wildman–Crippen LogP) is 1.68. The topological polar surface area (TPSA) is 33.4 Å². The molecule has 1 radical (unpaired) electrons. The zero-order valence-corrected chi connectivity index (χ0v) is 5.87. The van der Waals surface area contributed by atoms with Gasteiger partial charge in [-0.25, -0.2) is 0 Å². The summed E-state index contributed by atoms with van der Waals surface area (Å²) in [5, 5.41) is 8.77. The molecule has 0 unspecified atom stereocenters. The van der Waals surface area contributed by atoms with Gasteiger partial charge in [-0.1, -0.05) is 0 Å². The maximum atomic E-state index is 8.77. The molecule has 2 aliphatic rings. The smallest absolute Gasteiger partial charge is 0.142 e. The standard InChI is InChI=1S/C9H7O2/c10-6-7-4-8-2-1-3-11-9(8)5-7/h1-4,10H,6H2. The molecule has 0 spiro atoms. The average Bonchev–Trinajstić information content (AvgIpc) is 2.46. The van der Waals surface area contributed by atoms with E-state index in [1.54, 1.807) is 6.26 Å². The van der Waals surface area contributed by atoms with Crippen molar-refractivity contribution in [2.24, 2.45) is 0 Å². The van der Waals surface area contributed by atoms with Crippen LogP contribution < -0.4 is 0 Å². The largest absolute Gasteiger partial charge is 0.464 e. The van der Waals surface area contributed by atoms with E-state index < -0.39 is 0 Å². The number of rotatable bonds is 1. The molecule has 0 amide bonds.